The summed E-state index contributed by atoms with van der Waals surface area (Å²) < 4.78 is 0. The van der Waals surface area contributed by atoms with Crippen LogP contribution in [0.15, 0.2) is 48.5 Å². The molecule has 0 aliphatic heterocycles. The van der Waals surface area contributed by atoms with Crippen molar-refractivity contribution in [2.45, 2.75) is 6.92 Å². The van der Waals surface area contributed by atoms with E-state index in [1.54, 1.807) is 0 Å². The number of benzene rings is 2. The molecule has 0 amide bonds. The Labute approximate surface area is 101 Å². The van der Waals surface area contributed by atoms with Gasteiger partial charge in [0.1, 0.15) is 0 Å². The third-order valence-corrected chi connectivity index (χ3v) is 2.83. The van der Waals surface area contributed by atoms with Gasteiger partial charge in [0.25, 0.3) is 0 Å². The van der Waals surface area contributed by atoms with Gasteiger partial charge < -0.3 is 5.73 Å². The van der Waals surface area contributed by atoms with Crippen LogP contribution in [0, 0.1) is 6.92 Å². The van der Waals surface area contributed by atoms with E-state index in [4.69, 9.17) is 5.73 Å². The highest BCUT2D eigenvalue weighted by Crippen LogP contribution is 2.24. The lowest BCUT2D eigenvalue weighted by molar-refractivity contribution is 0.100. The summed E-state index contributed by atoms with van der Waals surface area (Å²) in [4.78, 5) is 11.6. The SMILES string of the molecule is Cc1ccc(C(=O)CN)cc1-c1ccccc1. The summed E-state index contributed by atoms with van der Waals surface area (Å²) in [5.41, 5.74) is 9.43. The minimum Gasteiger partial charge on any atom is -0.324 e. The van der Waals surface area contributed by atoms with Crippen LogP contribution in [0.3, 0.4) is 0 Å². The van der Waals surface area contributed by atoms with E-state index in [1.807, 2.05) is 55.5 Å². The molecule has 0 spiro atoms. The number of carbonyl (C=O) groups excluding carboxylic acids is 1. The van der Waals surface area contributed by atoms with E-state index in [2.05, 4.69) is 0 Å². The first-order valence-electron chi connectivity index (χ1n) is 5.61. The van der Waals surface area contributed by atoms with E-state index in [0.29, 0.717) is 5.56 Å². The Balaban J connectivity index is 2.50. The molecule has 2 aromatic rings. The highest BCUT2D eigenvalue weighted by atomic mass is 16.1. The van der Waals surface area contributed by atoms with Crippen molar-refractivity contribution in [1.82, 2.24) is 0 Å². The Hall–Kier alpha value is -1.93. The Kier molecular flexibility index (Phi) is 3.35. The van der Waals surface area contributed by atoms with Crippen LogP contribution < -0.4 is 5.73 Å². The molecule has 2 aromatic carbocycles. The average molecular weight is 225 g/mol. The van der Waals surface area contributed by atoms with Crippen molar-refractivity contribution in [2.24, 2.45) is 5.73 Å². The van der Waals surface area contributed by atoms with Crippen molar-refractivity contribution in [2.75, 3.05) is 6.54 Å². The maximum Gasteiger partial charge on any atom is 0.176 e. The number of hydrogen-bond acceptors (Lipinski definition) is 2. The normalized spacial score (nSPS) is 10.2. The number of ketones is 1. The van der Waals surface area contributed by atoms with Gasteiger partial charge in [0.15, 0.2) is 5.78 Å². The Morgan fingerprint density at radius 3 is 2.47 bits per heavy atom. The molecule has 2 rings (SSSR count). The molecule has 2 N–H and O–H groups in total. The Morgan fingerprint density at radius 1 is 1.12 bits per heavy atom. The molecule has 0 saturated carbocycles. The van der Waals surface area contributed by atoms with E-state index >= 15 is 0 Å². The van der Waals surface area contributed by atoms with E-state index in [0.717, 1.165) is 16.7 Å². The molecule has 0 aromatic heterocycles. The van der Waals surface area contributed by atoms with Gasteiger partial charge in [0, 0.05) is 5.56 Å². The summed E-state index contributed by atoms with van der Waals surface area (Å²) in [5, 5.41) is 0. The van der Waals surface area contributed by atoms with Crippen molar-refractivity contribution in [3.05, 3.63) is 59.7 Å². The quantitative estimate of drug-likeness (QED) is 0.816. The number of hydrogen-bond donors (Lipinski definition) is 1. The highest BCUT2D eigenvalue weighted by molar-refractivity contribution is 5.98. The maximum absolute atomic E-state index is 11.6. The van der Waals surface area contributed by atoms with Crippen LogP contribution in [0.25, 0.3) is 11.1 Å². The summed E-state index contributed by atoms with van der Waals surface area (Å²) in [6, 6.07) is 15.8. The fourth-order valence-electron chi connectivity index (χ4n) is 1.84. The molecule has 17 heavy (non-hydrogen) atoms. The monoisotopic (exact) mass is 225 g/mol. The highest BCUT2D eigenvalue weighted by Gasteiger charge is 2.07. The second-order valence-corrected chi connectivity index (χ2v) is 4.02. The first kappa shape index (κ1) is 11.6. The Morgan fingerprint density at radius 2 is 1.82 bits per heavy atom. The van der Waals surface area contributed by atoms with Crippen molar-refractivity contribution < 1.29 is 4.79 Å². The van der Waals surface area contributed by atoms with Gasteiger partial charge in [0.2, 0.25) is 0 Å². The lowest BCUT2D eigenvalue weighted by Gasteiger charge is -2.08. The fourth-order valence-corrected chi connectivity index (χ4v) is 1.84. The summed E-state index contributed by atoms with van der Waals surface area (Å²) in [7, 11) is 0. The number of rotatable bonds is 3. The van der Waals surface area contributed by atoms with Crippen LogP contribution in [0.5, 0.6) is 0 Å². The van der Waals surface area contributed by atoms with Crippen molar-refractivity contribution in [3.8, 4) is 11.1 Å². The topological polar surface area (TPSA) is 43.1 Å². The number of Topliss-reactive ketones (excluding diaryl/α,β-unsaturated/α-hetero) is 1. The lowest BCUT2D eigenvalue weighted by Crippen LogP contribution is -2.13. The van der Waals surface area contributed by atoms with E-state index < -0.39 is 0 Å². The van der Waals surface area contributed by atoms with Gasteiger partial charge in [-0.15, -0.1) is 0 Å². The molecule has 0 bridgehead atoms. The van der Waals surface area contributed by atoms with Crippen LogP contribution in [-0.4, -0.2) is 12.3 Å². The zero-order chi connectivity index (χ0) is 12.3. The molecule has 86 valence electrons. The summed E-state index contributed by atoms with van der Waals surface area (Å²) in [6.07, 6.45) is 0. The summed E-state index contributed by atoms with van der Waals surface area (Å²) in [5.74, 6) is -0.0258. The van der Waals surface area contributed by atoms with E-state index in [-0.39, 0.29) is 12.3 Å². The predicted molar refractivity (Wildman–Crippen MR) is 70.0 cm³/mol. The molecule has 0 heterocycles. The summed E-state index contributed by atoms with van der Waals surface area (Å²) in [6.45, 7) is 2.09. The molecular formula is C15H15NO. The minimum absolute atomic E-state index is 0.0258. The van der Waals surface area contributed by atoms with Gasteiger partial charge in [-0.25, -0.2) is 0 Å². The van der Waals surface area contributed by atoms with E-state index in [1.165, 1.54) is 0 Å². The zero-order valence-electron chi connectivity index (χ0n) is 9.81. The molecule has 0 radical (unpaired) electrons. The van der Waals surface area contributed by atoms with E-state index in [9.17, 15) is 4.79 Å². The second-order valence-electron chi connectivity index (χ2n) is 4.02. The van der Waals surface area contributed by atoms with Crippen LogP contribution >= 0.6 is 0 Å². The largest absolute Gasteiger partial charge is 0.324 e. The molecule has 0 unspecified atom stereocenters. The van der Waals surface area contributed by atoms with Gasteiger partial charge in [-0.2, -0.15) is 0 Å². The minimum atomic E-state index is -0.0258. The molecule has 0 saturated heterocycles. The number of nitrogens with two attached hydrogens (primary N) is 1. The van der Waals surface area contributed by atoms with Crippen molar-refractivity contribution in [3.63, 3.8) is 0 Å². The molecule has 2 heteroatoms. The van der Waals surface area contributed by atoms with Gasteiger partial charge in [-0.1, -0.05) is 42.5 Å². The first-order chi connectivity index (χ1) is 8.22. The molecule has 0 fully saturated rings. The summed E-state index contributed by atoms with van der Waals surface area (Å²) >= 11 is 0. The van der Waals surface area contributed by atoms with Gasteiger partial charge >= 0.3 is 0 Å². The van der Waals surface area contributed by atoms with Crippen LogP contribution in [0.2, 0.25) is 0 Å². The standard InChI is InChI=1S/C15H15NO/c1-11-7-8-13(15(17)10-16)9-14(11)12-5-3-2-4-6-12/h2-9H,10,16H2,1H3. The smallest absolute Gasteiger partial charge is 0.176 e. The van der Waals surface area contributed by atoms with Gasteiger partial charge in [-0.05, 0) is 29.7 Å². The average Bonchev–Trinajstić information content (AvgIpc) is 2.39. The van der Waals surface area contributed by atoms with Crippen LogP contribution in [-0.2, 0) is 0 Å². The third-order valence-electron chi connectivity index (χ3n) is 2.83. The molecule has 2 nitrogen and oxygen atoms in total. The molecule has 0 aliphatic carbocycles. The molecule has 0 atom stereocenters. The van der Waals surface area contributed by atoms with Crippen molar-refractivity contribution >= 4 is 5.78 Å². The Bertz CT molecular complexity index is 532. The van der Waals surface area contributed by atoms with Crippen LogP contribution in [0.1, 0.15) is 15.9 Å². The van der Waals surface area contributed by atoms with Gasteiger partial charge in [-0.3, -0.25) is 4.79 Å². The molecule has 0 aliphatic rings. The predicted octanol–water partition coefficient (Wildman–Crippen LogP) is 2.80. The van der Waals surface area contributed by atoms with Gasteiger partial charge in [0.05, 0.1) is 6.54 Å². The fraction of sp³-hybridized carbons (Fsp3) is 0.133. The maximum atomic E-state index is 11.6. The third kappa shape index (κ3) is 2.43. The number of aryl methyl sites for hydroxylation is 1. The second kappa shape index (κ2) is 4.93. The zero-order valence-corrected chi connectivity index (χ0v) is 9.81. The lowest BCUT2D eigenvalue weighted by atomic mass is 9.97. The van der Waals surface area contributed by atoms with Crippen LogP contribution in [0.4, 0.5) is 0 Å². The van der Waals surface area contributed by atoms with Crippen molar-refractivity contribution in [1.29, 1.82) is 0 Å². The first-order valence-corrected chi connectivity index (χ1v) is 5.61. The number of carbonyl (C=O) groups is 1. The molecular weight excluding hydrogens is 210 g/mol.